The summed E-state index contributed by atoms with van der Waals surface area (Å²) in [4.78, 5) is 29.6. The Morgan fingerprint density at radius 1 is 1.11 bits per heavy atom. The zero-order chi connectivity index (χ0) is 27.8. The minimum Gasteiger partial charge on any atom is -0.507 e. The Kier molecular flexibility index (Phi) is 7.53. The number of rotatable bonds is 6. The van der Waals surface area contributed by atoms with Gasteiger partial charge in [0.15, 0.2) is 0 Å². The molecule has 38 heavy (non-hydrogen) atoms. The van der Waals surface area contributed by atoms with Crippen LogP contribution in [0.25, 0.3) is 11.0 Å². The van der Waals surface area contributed by atoms with E-state index < -0.39 is 17.1 Å². The summed E-state index contributed by atoms with van der Waals surface area (Å²) in [5.74, 6) is -1.16. The third kappa shape index (κ3) is 5.69. The van der Waals surface area contributed by atoms with Gasteiger partial charge in [-0.05, 0) is 35.9 Å². The van der Waals surface area contributed by atoms with E-state index in [9.17, 15) is 19.1 Å². The molecule has 0 atom stereocenters. The van der Waals surface area contributed by atoms with Gasteiger partial charge in [-0.2, -0.15) is 0 Å². The summed E-state index contributed by atoms with van der Waals surface area (Å²) in [6.07, 6.45) is 0. The maximum atomic E-state index is 13.5. The maximum absolute atomic E-state index is 13.5. The molecular weight excluding hydrogens is 532 g/mol. The quantitative estimate of drug-likeness (QED) is 0.220. The Morgan fingerprint density at radius 2 is 1.84 bits per heavy atom. The van der Waals surface area contributed by atoms with E-state index in [-0.39, 0.29) is 29.5 Å². The molecule has 0 saturated carbocycles. The van der Waals surface area contributed by atoms with E-state index in [0.717, 1.165) is 0 Å². The number of halogens is 3. The third-order valence-corrected chi connectivity index (χ3v) is 6.60. The number of aromatic nitrogens is 2. The molecule has 0 radical (unpaired) electrons. The summed E-state index contributed by atoms with van der Waals surface area (Å²) >= 11 is 13.1. The zero-order valence-corrected chi connectivity index (χ0v) is 22.6. The number of phenols is 1. The summed E-state index contributed by atoms with van der Waals surface area (Å²) in [7, 11) is 1.72. The van der Waals surface area contributed by atoms with Crippen LogP contribution in [0, 0.1) is 11.2 Å². The molecule has 0 aliphatic rings. The van der Waals surface area contributed by atoms with E-state index in [2.05, 4.69) is 20.9 Å². The lowest BCUT2D eigenvalue weighted by molar-refractivity contribution is -0.128. The molecule has 2 amide bonds. The average molecular weight is 558 g/mol. The van der Waals surface area contributed by atoms with Crippen LogP contribution in [0.5, 0.6) is 5.75 Å². The monoisotopic (exact) mass is 557 g/mol. The van der Waals surface area contributed by atoms with Gasteiger partial charge < -0.3 is 25.6 Å². The Morgan fingerprint density at radius 3 is 2.53 bits per heavy atom. The maximum Gasteiger partial charge on any atom is 0.259 e. The summed E-state index contributed by atoms with van der Waals surface area (Å²) in [6, 6.07) is 11.7. The van der Waals surface area contributed by atoms with Crippen molar-refractivity contribution in [3.05, 3.63) is 75.5 Å². The standard InChI is InChI=1S/C27H26Cl2FN5O3/c1-27(2,3)25(38)31-13-14-8-9-18(28)23(22(14)29)34-26-33-19-11-17(21(36)12-20(19)35(26)4)24(37)32-16-7-5-6-15(30)10-16/h5-12,36H,13H2,1-4H3,(H,31,38)(H,32,37)(H,33,34). The number of aryl methyl sites for hydroxylation is 1. The average Bonchev–Trinajstić information content (AvgIpc) is 3.14. The summed E-state index contributed by atoms with van der Waals surface area (Å²) < 4.78 is 15.2. The lowest BCUT2D eigenvalue weighted by Crippen LogP contribution is -2.34. The van der Waals surface area contributed by atoms with Crippen LogP contribution < -0.4 is 16.0 Å². The van der Waals surface area contributed by atoms with E-state index in [0.29, 0.717) is 38.3 Å². The van der Waals surface area contributed by atoms with Crippen molar-refractivity contribution in [2.75, 3.05) is 10.6 Å². The highest BCUT2D eigenvalue weighted by atomic mass is 35.5. The van der Waals surface area contributed by atoms with Crippen LogP contribution in [0.3, 0.4) is 0 Å². The zero-order valence-electron chi connectivity index (χ0n) is 21.1. The van der Waals surface area contributed by atoms with Gasteiger partial charge in [0.1, 0.15) is 11.6 Å². The number of hydrogen-bond donors (Lipinski definition) is 4. The fourth-order valence-electron chi connectivity index (χ4n) is 3.68. The topological polar surface area (TPSA) is 108 Å². The highest BCUT2D eigenvalue weighted by molar-refractivity contribution is 6.39. The lowest BCUT2D eigenvalue weighted by Gasteiger charge is -2.19. The van der Waals surface area contributed by atoms with Gasteiger partial charge in [-0.3, -0.25) is 9.59 Å². The molecule has 198 valence electrons. The molecular formula is C27H26Cl2FN5O3. The molecule has 0 bridgehead atoms. The number of nitrogens with zero attached hydrogens (tertiary/aromatic N) is 2. The lowest BCUT2D eigenvalue weighted by atomic mass is 9.95. The Hall–Kier alpha value is -3.82. The number of nitrogens with one attached hydrogen (secondary N) is 3. The molecule has 4 N–H and O–H groups in total. The fraction of sp³-hybridized carbons (Fsp3) is 0.222. The molecule has 8 nitrogen and oxygen atoms in total. The minimum atomic E-state index is -0.619. The van der Waals surface area contributed by atoms with Gasteiger partial charge in [0.2, 0.25) is 11.9 Å². The van der Waals surface area contributed by atoms with Gasteiger partial charge in [-0.25, -0.2) is 9.37 Å². The SMILES string of the molecule is Cn1c(Nc2c(Cl)ccc(CNC(=O)C(C)(C)C)c2Cl)nc2cc(C(=O)Nc3cccc(F)c3)c(O)cc21. The molecule has 0 saturated heterocycles. The van der Waals surface area contributed by atoms with Crippen LogP contribution in [0.15, 0.2) is 48.5 Å². The molecule has 4 rings (SSSR count). The molecule has 11 heteroatoms. The first-order valence-electron chi connectivity index (χ1n) is 11.6. The molecule has 0 fully saturated rings. The van der Waals surface area contributed by atoms with E-state index in [1.807, 2.05) is 20.8 Å². The number of aromatic hydroxyl groups is 1. The molecule has 4 aromatic rings. The summed E-state index contributed by atoms with van der Waals surface area (Å²) in [5.41, 5.74) is 1.67. The first-order chi connectivity index (χ1) is 17.8. The predicted molar refractivity (Wildman–Crippen MR) is 148 cm³/mol. The summed E-state index contributed by atoms with van der Waals surface area (Å²) in [5, 5.41) is 19.8. The summed E-state index contributed by atoms with van der Waals surface area (Å²) in [6.45, 7) is 5.66. The molecule has 3 aromatic carbocycles. The van der Waals surface area contributed by atoms with Gasteiger partial charge in [0.05, 0.1) is 32.3 Å². The van der Waals surface area contributed by atoms with E-state index in [1.165, 1.54) is 36.4 Å². The number of carbonyl (C=O) groups is 2. The van der Waals surface area contributed by atoms with Crippen LogP contribution in [-0.4, -0.2) is 26.5 Å². The molecule has 0 spiro atoms. The van der Waals surface area contributed by atoms with Crippen LogP contribution >= 0.6 is 23.2 Å². The number of fused-ring (bicyclic) bond motifs is 1. The van der Waals surface area contributed by atoms with E-state index in [4.69, 9.17) is 23.2 Å². The second kappa shape index (κ2) is 10.5. The van der Waals surface area contributed by atoms with Crippen molar-refractivity contribution < 1.29 is 19.1 Å². The van der Waals surface area contributed by atoms with Gasteiger partial charge in [0.25, 0.3) is 5.91 Å². The van der Waals surface area contributed by atoms with Crippen molar-refractivity contribution >= 4 is 63.4 Å². The fourth-order valence-corrected chi connectivity index (χ4v) is 4.22. The van der Waals surface area contributed by atoms with Gasteiger partial charge in [-0.15, -0.1) is 0 Å². The molecule has 1 heterocycles. The second-order valence-electron chi connectivity index (χ2n) is 9.77. The number of carbonyl (C=O) groups excluding carboxylic acids is 2. The van der Waals surface area contributed by atoms with Crippen molar-refractivity contribution in [1.29, 1.82) is 0 Å². The number of phenolic OH excluding ortho intramolecular Hbond substituents is 1. The van der Waals surface area contributed by atoms with Crippen molar-refractivity contribution in [3.8, 4) is 5.75 Å². The highest BCUT2D eigenvalue weighted by Crippen LogP contribution is 2.36. The van der Waals surface area contributed by atoms with Crippen molar-refractivity contribution in [3.63, 3.8) is 0 Å². The number of anilines is 3. The number of hydrogen-bond acceptors (Lipinski definition) is 5. The van der Waals surface area contributed by atoms with E-state index >= 15 is 0 Å². The van der Waals surface area contributed by atoms with Crippen LogP contribution in [0.1, 0.15) is 36.7 Å². The van der Waals surface area contributed by atoms with Crippen molar-refractivity contribution in [2.45, 2.75) is 27.3 Å². The molecule has 0 aliphatic carbocycles. The van der Waals surface area contributed by atoms with Crippen LogP contribution in [-0.2, 0) is 18.4 Å². The Bertz CT molecular complexity index is 1560. The second-order valence-corrected chi connectivity index (χ2v) is 10.6. The molecule has 0 unspecified atom stereocenters. The van der Waals surface area contributed by atoms with Crippen molar-refractivity contribution in [1.82, 2.24) is 14.9 Å². The van der Waals surface area contributed by atoms with Gasteiger partial charge >= 0.3 is 0 Å². The Labute approximate surface area is 228 Å². The number of imidazole rings is 1. The first-order valence-corrected chi connectivity index (χ1v) is 12.4. The highest BCUT2D eigenvalue weighted by Gasteiger charge is 2.22. The van der Waals surface area contributed by atoms with Crippen LogP contribution in [0.4, 0.5) is 21.7 Å². The molecule has 1 aromatic heterocycles. The third-order valence-electron chi connectivity index (χ3n) is 5.85. The van der Waals surface area contributed by atoms with Crippen LogP contribution in [0.2, 0.25) is 10.0 Å². The largest absolute Gasteiger partial charge is 0.507 e. The number of amides is 2. The van der Waals surface area contributed by atoms with E-state index in [1.54, 1.807) is 23.7 Å². The van der Waals surface area contributed by atoms with Crippen molar-refractivity contribution in [2.24, 2.45) is 12.5 Å². The predicted octanol–water partition coefficient (Wildman–Crippen LogP) is 6.38. The van der Waals surface area contributed by atoms with Gasteiger partial charge in [0, 0.05) is 30.8 Å². The van der Waals surface area contributed by atoms with Gasteiger partial charge in [-0.1, -0.05) is 56.1 Å². The first kappa shape index (κ1) is 27.2. The number of benzene rings is 3. The molecule has 0 aliphatic heterocycles. The normalized spacial score (nSPS) is 11.4. The minimum absolute atomic E-state index is 0.0286. The smallest absolute Gasteiger partial charge is 0.259 e. The Balaban J connectivity index is 1.62.